The smallest absolute Gasteiger partial charge is 0.229 e. The third kappa shape index (κ3) is 4.10. The highest BCUT2D eigenvalue weighted by Gasteiger charge is 2.50. The molecule has 0 bridgehead atoms. The van der Waals surface area contributed by atoms with E-state index in [9.17, 15) is 19.8 Å². The molecule has 11 rings (SSSR count). The van der Waals surface area contributed by atoms with E-state index in [1.165, 1.54) is 0 Å². The Morgan fingerprint density at radius 2 is 0.944 bits per heavy atom. The monoisotopic (exact) mass is 710 g/mol. The Hall–Kier alpha value is -5.70. The second-order valence-corrected chi connectivity index (χ2v) is 15.7. The number of amides is 2. The van der Waals surface area contributed by atoms with Gasteiger partial charge in [-0.3, -0.25) is 19.4 Å². The molecule has 6 aromatic carbocycles. The van der Waals surface area contributed by atoms with Crippen LogP contribution in [0.1, 0.15) is 72.6 Å². The maximum atomic E-state index is 14.5. The van der Waals surface area contributed by atoms with E-state index in [1.807, 2.05) is 107 Å². The predicted molar refractivity (Wildman–Crippen MR) is 207 cm³/mol. The quantitative estimate of drug-likeness (QED) is 0.206. The van der Waals surface area contributed by atoms with Gasteiger partial charge in [0.05, 0.1) is 11.4 Å². The molecule has 268 valence electrons. The Labute approximate surface area is 313 Å². The molecule has 8 nitrogen and oxygen atoms in total. The van der Waals surface area contributed by atoms with Gasteiger partial charge in [-0.15, -0.1) is 12.2 Å². The summed E-state index contributed by atoms with van der Waals surface area (Å²) in [5.41, 5.74) is 5.51. The van der Waals surface area contributed by atoms with Crippen molar-refractivity contribution in [3.05, 3.63) is 144 Å². The number of nitrogens with zero attached hydrogens (tertiary/aromatic N) is 2. The van der Waals surface area contributed by atoms with E-state index >= 15 is 0 Å². The predicted octanol–water partition coefficient (Wildman–Crippen LogP) is 6.92. The van der Waals surface area contributed by atoms with E-state index < -0.39 is 35.4 Å². The number of rotatable bonds is 4. The van der Waals surface area contributed by atoms with E-state index in [4.69, 9.17) is 0 Å². The molecule has 0 aromatic heterocycles. The van der Waals surface area contributed by atoms with E-state index in [-0.39, 0.29) is 11.8 Å². The van der Waals surface area contributed by atoms with Crippen molar-refractivity contribution in [2.24, 2.45) is 0 Å². The first kappa shape index (κ1) is 31.8. The lowest BCUT2D eigenvalue weighted by molar-refractivity contribution is -0.535. The fourth-order valence-electron chi connectivity index (χ4n) is 10.7. The lowest BCUT2D eigenvalue weighted by atomic mass is 9.62. The second-order valence-electron chi connectivity index (χ2n) is 15.7. The average molecular weight is 711 g/mol. The highest BCUT2D eigenvalue weighted by molar-refractivity contribution is 6.15. The van der Waals surface area contributed by atoms with Crippen molar-refractivity contribution >= 4 is 56.1 Å². The van der Waals surface area contributed by atoms with Crippen LogP contribution in [-0.4, -0.2) is 24.0 Å². The van der Waals surface area contributed by atoms with Crippen molar-refractivity contribution in [1.29, 1.82) is 0 Å². The molecule has 2 amide bonds. The standard InChI is InChI=1S/C46H38N4O4/c51-37-19-9-25-45(27-11-3-1-4-12-27)47-33-23-21-31(29-15-7-17-35(39(29)33)49(37)45)41-43(53)42(44(41)54)32-22-24-34-40-30(32)16-8-18-36(40)50-38(52)20-10-26-46(50,48-34)28-13-5-2-6-14-28/h1-8,11-18,21-24,41-44,47-48H,9-10,19-20,25-26H2/q-2. The van der Waals surface area contributed by atoms with Crippen LogP contribution >= 0.6 is 0 Å². The molecule has 1 saturated carbocycles. The fraction of sp³-hybridized carbons (Fsp3) is 0.261. The summed E-state index contributed by atoms with van der Waals surface area (Å²) >= 11 is 0. The Kier molecular flexibility index (Phi) is 6.71. The molecule has 4 aliphatic heterocycles. The molecule has 0 spiro atoms. The van der Waals surface area contributed by atoms with Crippen molar-refractivity contribution in [2.75, 3.05) is 20.4 Å². The summed E-state index contributed by atoms with van der Waals surface area (Å²) in [5.74, 6) is -1.40. The molecule has 4 heterocycles. The van der Waals surface area contributed by atoms with Gasteiger partial charge in [-0.1, -0.05) is 97.1 Å². The number of carbonyl (C=O) groups excluding carboxylic acids is 2. The van der Waals surface area contributed by atoms with E-state index in [2.05, 4.69) is 34.9 Å². The third-order valence-corrected chi connectivity index (χ3v) is 13.0. The zero-order chi connectivity index (χ0) is 36.3. The van der Waals surface area contributed by atoms with Crippen LogP contribution in [0.15, 0.2) is 121 Å². The van der Waals surface area contributed by atoms with Crippen LogP contribution in [0, 0.1) is 0 Å². The van der Waals surface area contributed by atoms with E-state index in [0.717, 1.165) is 92.2 Å². The molecule has 1 aliphatic carbocycles. The number of carbonyl (C=O) groups is 2. The van der Waals surface area contributed by atoms with Gasteiger partial charge < -0.3 is 20.8 Å². The van der Waals surface area contributed by atoms with Crippen LogP contribution in [0.3, 0.4) is 0 Å². The van der Waals surface area contributed by atoms with Crippen LogP contribution in [0.25, 0.3) is 21.5 Å². The molecule has 2 atom stereocenters. The van der Waals surface area contributed by atoms with Crippen LogP contribution in [0.5, 0.6) is 0 Å². The summed E-state index contributed by atoms with van der Waals surface area (Å²) in [6.07, 6.45) is 1.65. The number of hydrogen-bond acceptors (Lipinski definition) is 6. The van der Waals surface area contributed by atoms with Crippen LogP contribution < -0.4 is 30.6 Å². The molecule has 2 saturated heterocycles. The molecular weight excluding hydrogens is 673 g/mol. The van der Waals surface area contributed by atoms with Crippen LogP contribution in [-0.2, 0) is 20.9 Å². The fourth-order valence-corrected chi connectivity index (χ4v) is 10.7. The number of piperidine rings is 2. The zero-order valence-electron chi connectivity index (χ0n) is 29.6. The maximum Gasteiger partial charge on any atom is 0.229 e. The topological polar surface area (TPSA) is 111 Å². The summed E-state index contributed by atoms with van der Waals surface area (Å²) in [7, 11) is 0. The Morgan fingerprint density at radius 3 is 1.37 bits per heavy atom. The minimum atomic E-state index is -1.17. The second kappa shape index (κ2) is 11.4. The van der Waals surface area contributed by atoms with Crippen molar-refractivity contribution in [3.8, 4) is 0 Å². The van der Waals surface area contributed by atoms with Gasteiger partial charge in [0.25, 0.3) is 0 Å². The minimum Gasteiger partial charge on any atom is -0.851 e. The largest absolute Gasteiger partial charge is 0.851 e. The molecule has 0 radical (unpaired) electrons. The van der Waals surface area contributed by atoms with Gasteiger partial charge in [-0.25, -0.2) is 0 Å². The van der Waals surface area contributed by atoms with Gasteiger partial charge in [-0.2, -0.15) is 0 Å². The minimum absolute atomic E-state index is 0.0536. The first-order chi connectivity index (χ1) is 26.4. The molecule has 5 aliphatic rings. The van der Waals surface area contributed by atoms with Crippen molar-refractivity contribution in [2.45, 2.75) is 73.9 Å². The van der Waals surface area contributed by atoms with Crippen LogP contribution in [0.4, 0.5) is 22.7 Å². The third-order valence-electron chi connectivity index (χ3n) is 13.0. The van der Waals surface area contributed by atoms with Crippen molar-refractivity contribution in [1.82, 2.24) is 0 Å². The zero-order valence-corrected chi connectivity index (χ0v) is 29.6. The molecule has 2 N–H and O–H groups in total. The van der Waals surface area contributed by atoms with Crippen molar-refractivity contribution < 1.29 is 19.8 Å². The molecular formula is C46H38N4O4-2. The van der Waals surface area contributed by atoms with E-state index in [1.54, 1.807) is 0 Å². The lowest BCUT2D eigenvalue weighted by Crippen LogP contribution is -2.63. The van der Waals surface area contributed by atoms with Crippen molar-refractivity contribution in [3.63, 3.8) is 0 Å². The van der Waals surface area contributed by atoms with Crippen LogP contribution in [0.2, 0.25) is 0 Å². The number of nitrogens with one attached hydrogen (secondary N) is 2. The van der Waals surface area contributed by atoms with Gasteiger partial charge >= 0.3 is 0 Å². The van der Waals surface area contributed by atoms with Gasteiger partial charge in [0.15, 0.2) is 0 Å². The number of anilines is 4. The SMILES string of the molecule is O=C1CCCC2(c3ccccc3)Nc3ccc(C4C([O-])C(c5ccc6c7c(cccc57)N5C(=O)CCCC5(c5ccccc5)N6)C4[O-])c4cccc(c34)N12. The first-order valence-corrected chi connectivity index (χ1v) is 19.2. The molecule has 8 heteroatoms. The Morgan fingerprint density at radius 1 is 0.519 bits per heavy atom. The average Bonchev–Trinajstić information content (AvgIpc) is 3.20. The lowest BCUT2D eigenvalue weighted by Gasteiger charge is -2.62. The Bertz CT molecular complexity index is 2360. The van der Waals surface area contributed by atoms with Gasteiger partial charge in [-0.05, 0) is 94.8 Å². The molecule has 54 heavy (non-hydrogen) atoms. The molecule has 2 unspecified atom stereocenters. The van der Waals surface area contributed by atoms with Gasteiger partial charge in [0, 0.05) is 35.0 Å². The summed E-state index contributed by atoms with van der Waals surface area (Å²) in [4.78, 5) is 31.4. The number of fused-ring (bicyclic) bond motifs is 4. The van der Waals surface area contributed by atoms with Gasteiger partial charge in [0.2, 0.25) is 11.8 Å². The molecule has 6 aromatic rings. The summed E-state index contributed by atoms with van der Waals surface area (Å²) in [6.45, 7) is 0. The number of benzene rings is 6. The summed E-state index contributed by atoms with van der Waals surface area (Å²) in [5, 5.41) is 40.0. The number of hydrogen-bond donors (Lipinski definition) is 2. The first-order valence-electron chi connectivity index (χ1n) is 19.2. The van der Waals surface area contributed by atoms with Gasteiger partial charge in [0.1, 0.15) is 11.3 Å². The Balaban J connectivity index is 0.985. The summed E-state index contributed by atoms with van der Waals surface area (Å²) < 4.78 is 0. The van der Waals surface area contributed by atoms with E-state index in [0.29, 0.717) is 12.8 Å². The summed E-state index contributed by atoms with van der Waals surface area (Å²) in [6, 6.07) is 40.0. The maximum absolute atomic E-state index is 14.5. The highest BCUT2D eigenvalue weighted by atomic mass is 16.3. The highest BCUT2D eigenvalue weighted by Crippen LogP contribution is 2.56. The normalized spacial score (nSPS) is 28.2. The molecule has 3 fully saturated rings.